The van der Waals surface area contributed by atoms with Crippen LogP contribution < -0.4 is 0 Å². The molecule has 0 fully saturated rings. The van der Waals surface area contributed by atoms with Gasteiger partial charge in [-0.15, -0.1) is 0 Å². The van der Waals surface area contributed by atoms with Gasteiger partial charge in [0.2, 0.25) is 0 Å². The molecule has 0 aliphatic heterocycles. The van der Waals surface area contributed by atoms with Crippen molar-refractivity contribution in [1.82, 2.24) is 0 Å². The van der Waals surface area contributed by atoms with E-state index in [0.29, 0.717) is 0 Å². The van der Waals surface area contributed by atoms with Crippen LogP contribution in [0, 0.1) is 0 Å². The van der Waals surface area contributed by atoms with Gasteiger partial charge in [0.1, 0.15) is 0 Å². The minimum Gasteiger partial charge on any atom is -0.479 e. The fourth-order valence-corrected chi connectivity index (χ4v) is 1.68. The van der Waals surface area contributed by atoms with Gasteiger partial charge in [-0.25, -0.2) is 4.79 Å². The highest BCUT2D eigenvalue weighted by molar-refractivity contribution is 6.31. The van der Waals surface area contributed by atoms with E-state index in [1.165, 1.54) is 0 Å². The molecule has 18 heavy (non-hydrogen) atoms. The second-order valence-electron chi connectivity index (χ2n) is 4.07. The molecule has 3 nitrogen and oxygen atoms in total. The summed E-state index contributed by atoms with van der Waals surface area (Å²) in [5, 5.41) is 17.7. The molecule has 7 heteroatoms. The van der Waals surface area contributed by atoms with Crippen molar-refractivity contribution in [3.63, 3.8) is 0 Å². The average molecular weight is 283 g/mol. The Morgan fingerprint density at radius 1 is 1.39 bits per heavy atom. The lowest BCUT2D eigenvalue weighted by molar-refractivity contribution is -0.156. The first-order valence-electron chi connectivity index (χ1n) is 4.85. The van der Waals surface area contributed by atoms with Gasteiger partial charge >= 0.3 is 12.1 Å². The van der Waals surface area contributed by atoms with Crippen LogP contribution >= 0.6 is 11.6 Å². The third-order valence-electron chi connectivity index (χ3n) is 2.35. The molecule has 1 aromatic rings. The molecule has 1 aromatic carbocycles. The van der Waals surface area contributed by atoms with Crippen LogP contribution in [0.5, 0.6) is 0 Å². The highest BCUT2D eigenvalue weighted by atomic mass is 35.5. The van der Waals surface area contributed by atoms with Crippen molar-refractivity contribution in [3.8, 4) is 0 Å². The highest BCUT2D eigenvalue weighted by Crippen LogP contribution is 2.35. The molecule has 2 N–H and O–H groups in total. The third-order valence-corrected chi connectivity index (χ3v) is 2.66. The van der Waals surface area contributed by atoms with Crippen molar-refractivity contribution in [2.75, 3.05) is 0 Å². The van der Waals surface area contributed by atoms with Gasteiger partial charge in [0, 0.05) is 6.42 Å². The number of halogens is 4. The van der Waals surface area contributed by atoms with Crippen LogP contribution in [0.25, 0.3) is 0 Å². The molecular formula is C11H10ClF3O3. The second kappa shape index (κ2) is 4.78. The number of hydrogen-bond acceptors (Lipinski definition) is 2. The number of benzene rings is 1. The summed E-state index contributed by atoms with van der Waals surface area (Å²) in [4.78, 5) is 10.7. The number of carbonyl (C=O) groups is 1. The van der Waals surface area contributed by atoms with Crippen molar-refractivity contribution in [1.29, 1.82) is 0 Å². The van der Waals surface area contributed by atoms with E-state index >= 15 is 0 Å². The van der Waals surface area contributed by atoms with E-state index in [4.69, 9.17) is 16.7 Å². The van der Waals surface area contributed by atoms with E-state index in [9.17, 15) is 23.1 Å². The van der Waals surface area contributed by atoms with Gasteiger partial charge in [0.25, 0.3) is 0 Å². The number of rotatable bonds is 3. The molecule has 0 heterocycles. The number of carboxylic acids is 1. The molecule has 0 radical (unpaired) electrons. The predicted octanol–water partition coefficient (Wildman–Crippen LogP) is 2.74. The number of aliphatic hydroxyl groups is 1. The van der Waals surface area contributed by atoms with Crippen LogP contribution in [-0.4, -0.2) is 21.8 Å². The van der Waals surface area contributed by atoms with Crippen molar-refractivity contribution in [2.45, 2.75) is 25.1 Å². The molecule has 0 spiro atoms. The fraction of sp³-hybridized carbons (Fsp3) is 0.364. The molecule has 1 rings (SSSR count). The molecular weight excluding hydrogens is 273 g/mol. The Balaban J connectivity index is 3.03. The number of hydrogen-bond donors (Lipinski definition) is 2. The third kappa shape index (κ3) is 3.36. The van der Waals surface area contributed by atoms with Crippen LogP contribution in [0.1, 0.15) is 18.1 Å². The van der Waals surface area contributed by atoms with Crippen molar-refractivity contribution < 1.29 is 28.2 Å². The highest BCUT2D eigenvalue weighted by Gasteiger charge is 2.34. The Hall–Kier alpha value is -1.27. The molecule has 0 aromatic heterocycles. The van der Waals surface area contributed by atoms with Gasteiger partial charge in [0.15, 0.2) is 5.60 Å². The lowest BCUT2D eigenvalue weighted by Gasteiger charge is -2.18. The van der Waals surface area contributed by atoms with E-state index in [0.717, 1.165) is 25.1 Å². The zero-order valence-corrected chi connectivity index (χ0v) is 10.0. The summed E-state index contributed by atoms with van der Waals surface area (Å²) in [6.45, 7) is 1.06. The number of alkyl halides is 3. The van der Waals surface area contributed by atoms with Gasteiger partial charge < -0.3 is 10.2 Å². The molecule has 1 unspecified atom stereocenters. The SMILES string of the molecule is CC(O)(Cc1ccc(C(F)(F)F)c(Cl)c1)C(=O)O. The van der Waals surface area contributed by atoms with E-state index in [1.807, 2.05) is 0 Å². The van der Waals surface area contributed by atoms with Crippen molar-refractivity contribution in [2.24, 2.45) is 0 Å². The minimum absolute atomic E-state index is 0.209. The van der Waals surface area contributed by atoms with Crippen molar-refractivity contribution >= 4 is 17.6 Å². The smallest absolute Gasteiger partial charge is 0.417 e. The van der Waals surface area contributed by atoms with Gasteiger partial charge in [-0.2, -0.15) is 13.2 Å². The predicted molar refractivity (Wildman–Crippen MR) is 58.4 cm³/mol. The van der Waals surface area contributed by atoms with Crippen LogP contribution in [0.2, 0.25) is 5.02 Å². The summed E-state index contributed by atoms with van der Waals surface area (Å²) in [6.07, 6.45) is -4.90. The number of aliphatic carboxylic acids is 1. The maximum absolute atomic E-state index is 12.4. The molecule has 0 aliphatic rings. The molecule has 0 bridgehead atoms. The summed E-state index contributed by atoms with van der Waals surface area (Å²) in [5.74, 6) is -1.46. The first-order chi connectivity index (χ1) is 8.04. The van der Waals surface area contributed by atoms with Crippen LogP contribution in [0.15, 0.2) is 18.2 Å². The monoisotopic (exact) mass is 282 g/mol. The maximum atomic E-state index is 12.4. The Labute approximate surface area is 106 Å². The van der Waals surface area contributed by atoms with E-state index in [-0.39, 0.29) is 12.0 Å². The second-order valence-corrected chi connectivity index (χ2v) is 4.47. The van der Waals surface area contributed by atoms with Crippen LogP contribution in [0.4, 0.5) is 13.2 Å². The molecule has 0 saturated heterocycles. The minimum atomic E-state index is -4.56. The van der Waals surface area contributed by atoms with Crippen LogP contribution in [-0.2, 0) is 17.4 Å². The zero-order valence-electron chi connectivity index (χ0n) is 9.25. The quantitative estimate of drug-likeness (QED) is 0.896. The maximum Gasteiger partial charge on any atom is 0.417 e. The lowest BCUT2D eigenvalue weighted by atomic mass is 9.96. The van der Waals surface area contributed by atoms with E-state index in [2.05, 4.69) is 0 Å². The fourth-order valence-electron chi connectivity index (χ4n) is 1.37. The standard InChI is InChI=1S/C11H10ClF3O3/c1-10(18,9(16)17)5-6-2-3-7(8(12)4-6)11(13,14)15/h2-4,18H,5H2,1H3,(H,16,17). The lowest BCUT2D eigenvalue weighted by Crippen LogP contribution is -2.37. The van der Waals surface area contributed by atoms with Crippen molar-refractivity contribution in [3.05, 3.63) is 34.3 Å². The summed E-state index contributed by atoms with van der Waals surface area (Å²) in [6, 6.07) is 2.85. The zero-order chi connectivity index (χ0) is 14.1. The largest absolute Gasteiger partial charge is 0.479 e. The van der Waals surface area contributed by atoms with Gasteiger partial charge in [0.05, 0.1) is 10.6 Å². The Morgan fingerprint density at radius 2 is 1.94 bits per heavy atom. The molecule has 0 amide bonds. The van der Waals surface area contributed by atoms with E-state index < -0.39 is 28.3 Å². The first kappa shape index (κ1) is 14.8. The summed E-state index contributed by atoms with van der Waals surface area (Å²) in [5.41, 5.74) is -2.84. The Bertz CT molecular complexity index is 469. The summed E-state index contributed by atoms with van der Waals surface area (Å²) < 4.78 is 37.3. The van der Waals surface area contributed by atoms with Gasteiger partial charge in [-0.05, 0) is 24.6 Å². The van der Waals surface area contributed by atoms with Gasteiger partial charge in [-0.1, -0.05) is 17.7 Å². The molecule has 0 saturated carbocycles. The Kier molecular flexibility index (Phi) is 3.92. The Morgan fingerprint density at radius 3 is 2.33 bits per heavy atom. The summed E-state index contributed by atoms with van der Waals surface area (Å²) in [7, 11) is 0. The molecule has 1 atom stereocenters. The van der Waals surface area contributed by atoms with Gasteiger partial charge in [-0.3, -0.25) is 0 Å². The van der Waals surface area contributed by atoms with Crippen LogP contribution in [0.3, 0.4) is 0 Å². The normalized spacial score (nSPS) is 15.2. The average Bonchev–Trinajstić information content (AvgIpc) is 2.14. The van der Waals surface area contributed by atoms with E-state index in [1.54, 1.807) is 0 Å². The number of carboxylic acid groups (broad SMARTS) is 1. The molecule has 100 valence electrons. The first-order valence-corrected chi connectivity index (χ1v) is 5.23. The topological polar surface area (TPSA) is 57.5 Å². The summed E-state index contributed by atoms with van der Waals surface area (Å²) >= 11 is 5.47. The molecule has 0 aliphatic carbocycles.